The van der Waals surface area contributed by atoms with Crippen molar-refractivity contribution in [1.29, 1.82) is 0 Å². The summed E-state index contributed by atoms with van der Waals surface area (Å²) in [4.78, 5) is 30.6. The summed E-state index contributed by atoms with van der Waals surface area (Å²) in [6.07, 6.45) is -0.596. The van der Waals surface area contributed by atoms with Crippen LogP contribution in [0.2, 0.25) is 0 Å². The second kappa shape index (κ2) is 7.99. The Morgan fingerprint density at radius 2 is 2.00 bits per heavy atom. The number of ether oxygens (including phenoxy) is 2. The third kappa shape index (κ3) is 3.48. The molecule has 2 atom stereocenters. The molecule has 3 rings (SSSR count). The highest BCUT2D eigenvalue weighted by Crippen LogP contribution is 2.46. The molecule has 1 aliphatic rings. The standard InChI is InChI=1S/C17H18N2O4S3/c1-9(2)12(16(21)23-4)19-14(20)13(22-3)15(19)25-26-17-18-10-7-5-6-8-11(10)24-17/h5-8,13,15H,1-4H3/t13-,15+/m0/s1. The van der Waals surface area contributed by atoms with Crippen LogP contribution in [0.4, 0.5) is 0 Å². The molecule has 1 aromatic heterocycles. The van der Waals surface area contributed by atoms with Crippen molar-refractivity contribution in [3.63, 3.8) is 0 Å². The Balaban J connectivity index is 1.80. The van der Waals surface area contributed by atoms with Crippen molar-refractivity contribution in [3.8, 4) is 0 Å². The van der Waals surface area contributed by atoms with Gasteiger partial charge in [0.25, 0.3) is 5.91 Å². The Morgan fingerprint density at radius 3 is 2.62 bits per heavy atom. The van der Waals surface area contributed by atoms with Crippen molar-refractivity contribution in [2.45, 2.75) is 29.7 Å². The largest absolute Gasteiger partial charge is 0.464 e. The van der Waals surface area contributed by atoms with Crippen LogP contribution in [0.5, 0.6) is 0 Å². The highest BCUT2D eigenvalue weighted by atomic mass is 33.1. The minimum atomic E-state index is -0.596. The van der Waals surface area contributed by atoms with Crippen molar-refractivity contribution in [2.24, 2.45) is 0 Å². The molecule has 138 valence electrons. The number of thiazole rings is 1. The number of amides is 1. The van der Waals surface area contributed by atoms with E-state index in [-0.39, 0.29) is 17.0 Å². The van der Waals surface area contributed by atoms with Gasteiger partial charge in [-0.3, -0.25) is 9.69 Å². The van der Waals surface area contributed by atoms with E-state index < -0.39 is 12.1 Å². The van der Waals surface area contributed by atoms with E-state index in [1.165, 1.54) is 40.7 Å². The summed E-state index contributed by atoms with van der Waals surface area (Å²) < 4.78 is 12.2. The molecule has 1 aliphatic heterocycles. The monoisotopic (exact) mass is 410 g/mol. The van der Waals surface area contributed by atoms with E-state index in [1.54, 1.807) is 25.2 Å². The quantitative estimate of drug-likeness (QED) is 0.311. The number of hydrogen-bond acceptors (Lipinski definition) is 8. The van der Waals surface area contributed by atoms with Crippen LogP contribution in [-0.2, 0) is 19.1 Å². The molecule has 0 bridgehead atoms. The molecule has 1 amide bonds. The van der Waals surface area contributed by atoms with E-state index in [1.807, 2.05) is 24.3 Å². The zero-order chi connectivity index (χ0) is 18.8. The van der Waals surface area contributed by atoms with Gasteiger partial charge in [0.2, 0.25) is 0 Å². The molecule has 1 saturated heterocycles. The van der Waals surface area contributed by atoms with Crippen molar-refractivity contribution in [3.05, 3.63) is 35.5 Å². The number of rotatable bonds is 6. The maximum Gasteiger partial charge on any atom is 0.354 e. The molecule has 0 spiro atoms. The van der Waals surface area contributed by atoms with Crippen LogP contribution in [0.25, 0.3) is 10.2 Å². The molecule has 9 heteroatoms. The maximum absolute atomic E-state index is 12.4. The van der Waals surface area contributed by atoms with Crippen LogP contribution in [0, 0.1) is 0 Å². The summed E-state index contributed by atoms with van der Waals surface area (Å²) in [5.41, 5.74) is 1.94. The number of carbonyl (C=O) groups is 2. The average Bonchev–Trinajstić information content (AvgIpc) is 3.04. The molecule has 0 unspecified atom stereocenters. The zero-order valence-electron chi connectivity index (χ0n) is 14.7. The molecule has 1 fully saturated rings. The van der Waals surface area contributed by atoms with E-state index >= 15 is 0 Å². The van der Waals surface area contributed by atoms with E-state index in [9.17, 15) is 9.59 Å². The Kier molecular flexibility index (Phi) is 5.91. The Bertz CT molecular complexity index is 843. The predicted octanol–water partition coefficient (Wildman–Crippen LogP) is 3.69. The predicted molar refractivity (Wildman–Crippen MR) is 105 cm³/mol. The molecular formula is C17H18N2O4S3. The fourth-order valence-electron chi connectivity index (χ4n) is 2.60. The molecule has 1 aromatic carbocycles. The van der Waals surface area contributed by atoms with Gasteiger partial charge in [0.05, 0.1) is 17.3 Å². The van der Waals surface area contributed by atoms with E-state index in [4.69, 9.17) is 9.47 Å². The average molecular weight is 411 g/mol. The van der Waals surface area contributed by atoms with Crippen LogP contribution in [0.3, 0.4) is 0 Å². The van der Waals surface area contributed by atoms with Gasteiger partial charge in [-0.05, 0) is 42.3 Å². The zero-order valence-corrected chi connectivity index (χ0v) is 17.2. The van der Waals surface area contributed by atoms with Gasteiger partial charge in [0.1, 0.15) is 11.1 Å². The summed E-state index contributed by atoms with van der Waals surface area (Å²) in [7, 11) is 5.73. The molecule has 0 aliphatic carbocycles. The lowest BCUT2D eigenvalue weighted by Crippen LogP contribution is -2.63. The summed E-state index contributed by atoms with van der Waals surface area (Å²) in [5.74, 6) is -0.764. The first-order valence-electron chi connectivity index (χ1n) is 7.78. The lowest BCUT2D eigenvalue weighted by molar-refractivity contribution is -0.162. The number of para-hydroxylation sites is 1. The number of fused-ring (bicyclic) bond motifs is 1. The third-order valence-corrected chi connectivity index (χ3v) is 7.82. The van der Waals surface area contributed by atoms with E-state index in [0.717, 1.165) is 20.1 Å². The number of methoxy groups -OCH3 is 2. The number of hydrogen-bond donors (Lipinski definition) is 0. The van der Waals surface area contributed by atoms with Crippen LogP contribution in [0.15, 0.2) is 39.9 Å². The van der Waals surface area contributed by atoms with Crippen molar-refractivity contribution in [2.75, 3.05) is 14.2 Å². The molecular weight excluding hydrogens is 392 g/mol. The van der Waals surface area contributed by atoms with Gasteiger partial charge in [-0.1, -0.05) is 22.9 Å². The highest BCUT2D eigenvalue weighted by molar-refractivity contribution is 8.77. The Hall–Kier alpha value is -1.55. The molecule has 6 nitrogen and oxygen atoms in total. The van der Waals surface area contributed by atoms with Crippen molar-refractivity contribution < 1.29 is 19.1 Å². The van der Waals surface area contributed by atoms with Gasteiger partial charge in [0, 0.05) is 7.11 Å². The lowest BCUT2D eigenvalue weighted by atomic mass is 10.1. The third-order valence-electron chi connectivity index (χ3n) is 3.83. The molecule has 0 radical (unpaired) electrons. The van der Waals surface area contributed by atoms with Gasteiger partial charge >= 0.3 is 5.97 Å². The summed E-state index contributed by atoms with van der Waals surface area (Å²) >= 11 is 1.59. The second-order valence-electron chi connectivity index (χ2n) is 5.72. The molecule has 0 N–H and O–H groups in total. The summed E-state index contributed by atoms with van der Waals surface area (Å²) in [5, 5.41) is -0.325. The minimum Gasteiger partial charge on any atom is -0.464 e. The maximum atomic E-state index is 12.4. The number of likely N-dealkylation sites (tertiary alicyclic amines) is 1. The summed E-state index contributed by atoms with van der Waals surface area (Å²) in [6.45, 7) is 3.56. The number of benzene rings is 1. The van der Waals surface area contributed by atoms with E-state index in [2.05, 4.69) is 4.98 Å². The molecule has 2 heterocycles. The Morgan fingerprint density at radius 1 is 1.27 bits per heavy atom. The number of carbonyl (C=O) groups excluding carboxylic acids is 2. The number of β-lactam (4-membered cyclic amide) rings is 1. The molecule has 26 heavy (non-hydrogen) atoms. The fraction of sp³-hybridized carbons (Fsp3) is 0.353. The number of nitrogens with zero attached hydrogens (tertiary/aromatic N) is 2. The molecule has 2 aromatic rings. The topological polar surface area (TPSA) is 68.7 Å². The fourth-order valence-corrected chi connectivity index (χ4v) is 6.52. The first-order chi connectivity index (χ1) is 12.5. The first-order valence-corrected chi connectivity index (χ1v) is 10.8. The van der Waals surface area contributed by atoms with Crippen molar-refractivity contribution >= 4 is 55.0 Å². The molecule has 0 saturated carbocycles. The highest BCUT2D eigenvalue weighted by Gasteiger charge is 2.52. The van der Waals surface area contributed by atoms with Gasteiger partial charge in [-0.2, -0.15) is 0 Å². The van der Waals surface area contributed by atoms with Crippen LogP contribution in [-0.4, -0.2) is 47.5 Å². The van der Waals surface area contributed by atoms with Crippen LogP contribution < -0.4 is 0 Å². The van der Waals surface area contributed by atoms with Crippen LogP contribution in [0.1, 0.15) is 13.8 Å². The van der Waals surface area contributed by atoms with Crippen LogP contribution >= 0.6 is 32.9 Å². The lowest BCUT2D eigenvalue weighted by Gasteiger charge is -2.45. The smallest absolute Gasteiger partial charge is 0.354 e. The second-order valence-corrected chi connectivity index (χ2v) is 9.32. The number of aromatic nitrogens is 1. The van der Waals surface area contributed by atoms with Crippen molar-refractivity contribution in [1.82, 2.24) is 9.88 Å². The van der Waals surface area contributed by atoms with Gasteiger partial charge < -0.3 is 9.47 Å². The van der Waals surface area contributed by atoms with Gasteiger partial charge in [-0.25, -0.2) is 9.78 Å². The first kappa shape index (κ1) is 19.2. The Labute approximate surface area is 163 Å². The summed E-state index contributed by atoms with van der Waals surface area (Å²) in [6, 6.07) is 7.93. The SMILES string of the molecule is COC(=O)C(=C(C)C)N1C(=O)[C@H](OC)[C@H]1SSc1nc2ccccc2s1. The van der Waals surface area contributed by atoms with E-state index in [0.29, 0.717) is 0 Å². The van der Waals surface area contributed by atoms with Gasteiger partial charge in [0.15, 0.2) is 10.4 Å². The normalized spacial score (nSPS) is 19.4. The number of allylic oxidation sites excluding steroid dienone is 1. The minimum absolute atomic E-state index is 0.239. The number of esters is 1. The van der Waals surface area contributed by atoms with Gasteiger partial charge in [-0.15, -0.1) is 11.3 Å².